The summed E-state index contributed by atoms with van der Waals surface area (Å²) in [6, 6.07) is 13.1. The molecule has 0 bridgehead atoms. The van der Waals surface area contributed by atoms with Crippen LogP contribution in [0.4, 0.5) is 5.69 Å². The lowest BCUT2D eigenvalue weighted by Crippen LogP contribution is -2.14. The minimum atomic E-state index is -1.13. The summed E-state index contributed by atoms with van der Waals surface area (Å²) in [6.07, 6.45) is 1.64. The highest BCUT2D eigenvalue weighted by Gasteiger charge is 2.16. The highest BCUT2D eigenvalue weighted by molar-refractivity contribution is 5.89. The van der Waals surface area contributed by atoms with Gasteiger partial charge in [-0.25, -0.2) is 4.79 Å². The molecule has 2 aromatic rings. The number of nitrogens with zero attached hydrogens (tertiary/aromatic N) is 3. The Balaban J connectivity index is 2.20. The number of hydrogen-bond donors (Lipinski definition) is 1. The number of hydrazone groups is 1. The van der Waals surface area contributed by atoms with Crippen LogP contribution in [0, 0.1) is 10.1 Å². The van der Waals surface area contributed by atoms with Gasteiger partial charge in [-0.3, -0.25) is 15.1 Å². The van der Waals surface area contributed by atoms with E-state index in [1.54, 1.807) is 13.3 Å². The van der Waals surface area contributed by atoms with Crippen LogP contribution in [0.25, 0.3) is 0 Å². The molecular weight excluding hydrogens is 298 g/mol. The summed E-state index contributed by atoms with van der Waals surface area (Å²) in [4.78, 5) is 21.5. The molecule has 23 heavy (non-hydrogen) atoms. The molecule has 118 valence electrons. The molecule has 0 fully saturated rings. The van der Waals surface area contributed by atoms with Crippen molar-refractivity contribution in [3.05, 3.63) is 75.3 Å². The quantitative estimate of drug-likeness (QED) is 0.502. The van der Waals surface area contributed by atoms with Gasteiger partial charge in [0, 0.05) is 19.2 Å². The van der Waals surface area contributed by atoms with Crippen LogP contribution in [-0.2, 0) is 6.54 Å². The SMILES string of the molecule is CN(Cc1cc([N+](=O)[O-])ccc1C(=O)O)N=Cc1ccccc1. The summed E-state index contributed by atoms with van der Waals surface area (Å²) in [6.45, 7) is 0.145. The van der Waals surface area contributed by atoms with Crippen molar-refractivity contribution in [2.45, 2.75) is 6.54 Å². The Labute approximate surface area is 132 Å². The number of carboxylic acids is 1. The van der Waals surface area contributed by atoms with Crippen molar-refractivity contribution < 1.29 is 14.8 Å². The molecule has 0 unspecified atom stereocenters. The van der Waals surface area contributed by atoms with Crippen molar-refractivity contribution in [3.8, 4) is 0 Å². The minimum Gasteiger partial charge on any atom is -0.478 e. The maximum atomic E-state index is 11.2. The van der Waals surface area contributed by atoms with Gasteiger partial charge in [-0.1, -0.05) is 30.3 Å². The van der Waals surface area contributed by atoms with Gasteiger partial charge < -0.3 is 5.11 Å². The number of benzene rings is 2. The van der Waals surface area contributed by atoms with E-state index >= 15 is 0 Å². The molecule has 0 atom stereocenters. The van der Waals surface area contributed by atoms with Gasteiger partial charge in [0.05, 0.1) is 23.2 Å². The van der Waals surface area contributed by atoms with Gasteiger partial charge in [0.1, 0.15) is 0 Å². The molecule has 1 N–H and O–H groups in total. The Hall–Kier alpha value is -3.22. The van der Waals surface area contributed by atoms with Crippen LogP contribution < -0.4 is 0 Å². The van der Waals surface area contributed by atoms with Crippen molar-refractivity contribution in [3.63, 3.8) is 0 Å². The van der Waals surface area contributed by atoms with E-state index in [2.05, 4.69) is 5.10 Å². The van der Waals surface area contributed by atoms with Crippen molar-refractivity contribution >= 4 is 17.9 Å². The predicted octanol–water partition coefficient (Wildman–Crippen LogP) is 2.76. The fourth-order valence-corrected chi connectivity index (χ4v) is 2.02. The van der Waals surface area contributed by atoms with Crippen LogP contribution in [-0.4, -0.2) is 34.3 Å². The standard InChI is InChI=1S/C16H15N3O4/c1-18(17-10-12-5-3-2-4-6-12)11-13-9-14(19(22)23)7-8-15(13)16(20)21/h2-10H,11H2,1H3,(H,20,21). The Kier molecular flexibility index (Phi) is 5.03. The predicted molar refractivity (Wildman–Crippen MR) is 85.6 cm³/mol. The Bertz CT molecular complexity index is 744. The van der Waals surface area contributed by atoms with E-state index in [0.29, 0.717) is 5.56 Å². The normalized spacial score (nSPS) is 10.7. The van der Waals surface area contributed by atoms with Crippen molar-refractivity contribution in [2.75, 3.05) is 7.05 Å². The van der Waals surface area contributed by atoms with E-state index in [-0.39, 0.29) is 17.8 Å². The third-order valence-electron chi connectivity index (χ3n) is 3.13. The molecular formula is C16H15N3O4. The van der Waals surface area contributed by atoms with Crippen LogP contribution in [0.3, 0.4) is 0 Å². The van der Waals surface area contributed by atoms with Gasteiger partial charge in [-0.05, 0) is 17.2 Å². The number of carboxylic acid groups (broad SMARTS) is 1. The van der Waals surface area contributed by atoms with E-state index in [4.69, 9.17) is 0 Å². The number of nitro benzene ring substituents is 1. The summed E-state index contributed by atoms with van der Waals surface area (Å²) < 4.78 is 0. The lowest BCUT2D eigenvalue weighted by molar-refractivity contribution is -0.384. The molecule has 2 rings (SSSR count). The molecule has 0 spiro atoms. The molecule has 0 saturated heterocycles. The second kappa shape index (κ2) is 7.17. The first-order valence-corrected chi connectivity index (χ1v) is 6.78. The topological polar surface area (TPSA) is 96.0 Å². The first-order valence-electron chi connectivity index (χ1n) is 6.78. The van der Waals surface area contributed by atoms with Gasteiger partial charge >= 0.3 is 5.97 Å². The number of aromatic carboxylic acids is 1. The molecule has 0 aromatic heterocycles. The summed E-state index contributed by atoms with van der Waals surface area (Å²) in [5, 5.41) is 25.8. The first-order chi connectivity index (χ1) is 11.0. The summed E-state index contributed by atoms with van der Waals surface area (Å²) in [5.41, 5.74) is 1.11. The lowest BCUT2D eigenvalue weighted by atomic mass is 10.1. The fourth-order valence-electron chi connectivity index (χ4n) is 2.02. The smallest absolute Gasteiger partial charge is 0.336 e. The van der Waals surface area contributed by atoms with Crippen LogP contribution in [0.2, 0.25) is 0 Å². The summed E-state index contributed by atoms with van der Waals surface area (Å²) in [7, 11) is 1.67. The van der Waals surface area contributed by atoms with Crippen molar-refractivity contribution in [1.29, 1.82) is 0 Å². The molecule has 0 aliphatic rings. The van der Waals surface area contributed by atoms with Crippen molar-refractivity contribution in [2.24, 2.45) is 5.10 Å². The maximum absolute atomic E-state index is 11.2. The fraction of sp³-hybridized carbons (Fsp3) is 0.125. The van der Waals surface area contributed by atoms with Crippen LogP contribution in [0.5, 0.6) is 0 Å². The number of hydrogen-bond acceptors (Lipinski definition) is 5. The third kappa shape index (κ3) is 4.37. The van der Waals surface area contributed by atoms with Gasteiger partial charge in [-0.2, -0.15) is 5.10 Å². The lowest BCUT2D eigenvalue weighted by Gasteiger charge is -2.14. The van der Waals surface area contributed by atoms with Gasteiger partial charge in [0.15, 0.2) is 0 Å². The molecule has 7 nitrogen and oxygen atoms in total. The van der Waals surface area contributed by atoms with E-state index < -0.39 is 10.9 Å². The molecule has 2 aromatic carbocycles. The van der Waals surface area contributed by atoms with Gasteiger partial charge in [-0.15, -0.1) is 0 Å². The Morgan fingerprint density at radius 2 is 2.00 bits per heavy atom. The number of rotatable bonds is 6. The molecule has 0 aliphatic heterocycles. The zero-order chi connectivity index (χ0) is 16.8. The molecule has 0 amide bonds. The van der Waals surface area contributed by atoms with E-state index in [0.717, 1.165) is 5.56 Å². The summed E-state index contributed by atoms with van der Waals surface area (Å²) >= 11 is 0. The largest absolute Gasteiger partial charge is 0.478 e. The monoisotopic (exact) mass is 313 g/mol. The highest BCUT2D eigenvalue weighted by Crippen LogP contribution is 2.19. The first kappa shape index (κ1) is 16.2. The van der Waals surface area contributed by atoms with Crippen LogP contribution in [0.1, 0.15) is 21.5 Å². The second-order valence-corrected chi connectivity index (χ2v) is 4.87. The van der Waals surface area contributed by atoms with Gasteiger partial charge in [0.2, 0.25) is 0 Å². The summed E-state index contributed by atoms with van der Waals surface area (Å²) in [5.74, 6) is -1.13. The third-order valence-corrected chi connectivity index (χ3v) is 3.13. The zero-order valence-corrected chi connectivity index (χ0v) is 12.4. The molecule has 0 heterocycles. The maximum Gasteiger partial charge on any atom is 0.336 e. The van der Waals surface area contributed by atoms with Crippen LogP contribution >= 0.6 is 0 Å². The average molecular weight is 313 g/mol. The molecule has 0 saturated carbocycles. The van der Waals surface area contributed by atoms with Crippen LogP contribution in [0.15, 0.2) is 53.6 Å². The molecule has 7 heteroatoms. The number of carbonyl (C=O) groups is 1. The average Bonchev–Trinajstić information content (AvgIpc) is 2.53. The van der Waals surface area contributed by atoms with Gasteiger partial charge in [0.25, 0.3) is 5.69 Å². The van der Waals surface area contributed by atoms with E-state index in [1.807, 2.05) is 30.3 Å². The van der Waals surface area contributed by atoms with E-state index in [9.17, 15) is 20.0 Å². The zero-order valence-electron chi connectivity index (χ0n) is 12.4. The molecule has 0 aliphatic carbocycles. The molecule has 0 radical (unpaired) electrons. The van der Waals surface area contributed by atoms with Crippen molar-refractivity contribution in [1.82, 2.24) is 5.01 Å². The Morgan fingerprint density at radius 3 is 2.61 bits per heavy atom. The Morgan fingerprint density at radius 1 is 1.30 bits per heavy atom. The highest BCUT2D eigenvalue weighted by atomic mass is 16.6. The second-order valence-electron chi connectivity index (χ2n) is 4.87. The van der Waals surface area contributed by atoms with E-state index in [1.165, 1.54) is 23.2 Å². The minimum absolute atomic E-state index is 0.0253. The number of non-ortho nitro benzene ring substituents is 1. The number of nitro groups is 1.